The fraction of sp³-hybridized carbons (Fsp3) is 0.267. The summed E-state index contributed by atoms with van der Waals surface area (Å²) in [6.45, 7) is 0.824. The van der Waals surface area contributed by atoms with Crippen LogP contribution in [0, 0.1) is 11.3 Å². The number of nitrogens with zero attached hydrogens (tertiary/aromatic N) is 1. The molecule has 0 aliphatic heterocycles. The summed E-state index contributed by atoms with van der Waals surface area (Å²) in [6.07, 6.45) is 5.84. The summed E-state index contributed by atoms with van der Waals surface area (Å²) in [7, 11) is 0. The van der Waals surface area contributed by atoms with Crippen LogP contribution in [0.25, 0.3) is 11.1 Å². The third kappa shape index (κ3) is 2.47. The summed E-state index contributed by atoms with van der Waals surface area (Å²) in [5, 5.41) is 7.81. The van der Waals surface area contributed by atoms with Gasteiger partial charge in [-0.1, -0.05) is 18.2 Å². The molecule has 4 nitrogen and oxygen atoms in total. The van der Waals surface area contributed by atoms with Crippen LogP contribution in [0.15, 0.2) is 47.3 Å². The van der Waals surface area contributed by atoms with Gasteiger partial charge in [-0.25, -0.2) is 0 Å². The fourth-order valence-corrected chi connectivity index (χ4v) is 2.26. The van der Waals surface area contributed by atoms with E-state index in [0.717, 1.165) is 23.4 Å². The maximum atomic E-state index is 7.81. The van der Waals surface area contributed by atoms with E-state index in [1.807, 2.05) is 35.2 Å². The van der Waals surface area contributed by atoms with E-state index >= 15 is 0 Å². The van der Waals surface area contributed by atoms with Crippen molar-refractivity contribution in [2.24, 2.45) is 11.7 Å². The van der Waals surface area contributed by atoms with Gasteiger partial charge in [0.1, 0.15) is 0 Å². The number of furan rings is 1. The molecule has 1 saturated carbocycles. The first-order chi connectivity index (χ1) is 9.25. The predicted octanol–water partition coefficient (Wildman–Crippen LogP) is 3.06. The highest BCUT2D eigenvalue weighted by Crippen LogP contribution is 2.35. The second-order valence-corrected chi connectivity index (χ2v) is 4.97. The lowest BCUT2D eigenvalue weighted by atomic mass is 10.1. The van der Waals surface area contributed by atoms with Crippen molar-refractivity contribution >= 4 is 11.6 Å². The van der Waals surface area contributed by atoms with Crippen LogP contribution >= 0.6 is 0 Å². The van der Waals surface area contributed by atoms with Gasteiger partial charge in [0, 0.05) is 17.7 Å². The number of rotatable bonds is 4. The van der Waals surface area contributed by atoms with Crippen LogP contribution in [0.3, 0.4) is 0 Å². The molecule has 4 heteroatoms. The Balaban J connectivity index is 2.00. The van der Waals surface area contributed by atoms with Gasteiger partial charge in [-0.3, -0.25) is 5.41 Å². The predicted molar refractivity (Wildman–Crippen MR) is 76.1 cm³/mol. The van der Waals surface area contributed by atoms with Crippen LogP contribution in [0.4, 0.5) is 5.69 Å². The van der Waals surface area contributed by atoms with Crippen molar-refractivity contribution in [3.63, 3.8) is 0 Å². The highest BCUT2D eigenvalue weighted by molar-refractivity contribution is 5.97. The van der Waals surface area contributed by atoms with Crippen molar-refractivity contribution in [3.8, 4) is 11.1 Å². The SMILES string of the molecule is N=C(N)N(CC1CC1)c1ccccc1-c1ccoc1. The second kappa shape index (κ2) is 4.80. The van der Waals surface area contributed by atoms with Gasteiger partial charge in [-0.2, -0.15) is 0 Å². The van der Waals surface area contributed by atoms with Crippen LogP contribution in [0.2, 0.25) is 0 Å². The van der Waals surface area contributed by atoms with Gasteiger partial charge in [-0.05, 0) is 30.9 Å². The van der Waals surface area contributed by atoms with E-state index in [9.17, 15) is 0 Å². The Morgan fingerprint density at radius 1 is 1.32 bits per heavy atom. The number of hydrogen-bond donors (Lipinski definition) is 2. The van der Waals surface area contributed by atoms with Gasteiger partial charge in [0.2, 0.25) is 0 Å². The summed E-state index contributed by atoms with van der Waals surface area (Å²) in [5.74, 6) is 0.768. The molecule has 1 aliphatic carbocycles. The molecule has 2 aromatic rings. The van der Waals surface area contributed by atoms with Gasteiger partial charge in [-0.15, -0.1) is 0 Å². The van der Waals surface area contributed by atoms with Crippen LogP contribution in [0.1, 0.15) is 12.8 Å². The lowest BCUT2D eigenvalue weighted by Gasteiger charge is -2.25. The number of para-hydroxylation sites is 1. The molecule has 1 heterocycles. The van der Waals surface area contributed by atoms with E-state index in [4.69, 9.17) is 15.6 Å². The Hall–Kier alpha value is -2.23. The van der Waals surface area contributed by atoms with Crippen LogP contribution in [-0.2, 0) is 0 Å². The Morgan fingerprint density at radius 2 is 2.11 bits per heavy atom. The molecule has 1 aliphatic rings. The number of benzene rings is 1. The third-order valence-electron chi connectivity index (χ3n) is 3.46. The van der Waals surface area contributed by atoms with Crippen molar-refractivity contribution in [1.29, 1.82) is 5.41 Å². The molecule has 1 aromatic heterocycles. The number of guanidine groups is 1. The molecule has 0 bridgehead atoms. The topological polar surface area (TPSA) is 66.2 Å². The zero-order chi connectivity index (χ0) is 13.2. The minimum Gasteiger partial charge on any atom is -0.472 e. The van der Waals surface area contributed by atoms with E-state index in [1.54, 1.807) is 12.5 Å². The van der Waals surface area contributed by atoms with Crippen LogP contribution in [0.5, 0.6) is 0 Å². The number of nitrogens with one attached hydrogen (secondary N) is 1. The summed E-state index contributed by atoms with van der Waals surface area (Å²) in [6, 6.07) is 9.92. The third-order valence-corrected chi connectivity index (χ3v) is 3.46. The van der Waals surface area contributed by atoms with Crippen LogP contribution in [-0.4, -0.2) is 12.5 Å². The molecule has 0 spiro atoms. The van der Waals surface area contributed by atoms with E-state index in [-0.39, 0.29) is 5.96 Å². The van der Waals surface area contributed by atoms with Gasteiger partial charge < -0.3 is 15.1 Å². The molecule has 3 rings (SSSR count). The van der Waals surface area contributed by atoms with Crippen LogP contribution < -0.4 is 10.6 Å². The Morgan fingerprint density at radius 3 is 2.74 bits per heavy atom. The monoisotopic (exact) mass is 255 g/mol. The minimum atomic E-state index is 0.0999. The van der Waals surface area contributed by atoms with E-state index in [0.29, 0.717) is 5.92 Å². The average Bonchev–Trinajstić information content (AvgIpc) is 3.07. The second-order valence-electron chi connectivity index (χ2n) is 4.97. The molecule has 0 radical (unpaired) electrons. The summed E-state index contributed by atoms with van der Waals surface area (Å²) in [4.78, 5) is 1.89. The number of hydrogen-bond acceptors (Lipinski definition) is 2. The molecule has 1 fully saturated rings. The van der Waals surface area contributed by atoms with E-state index in [1.165, 1.54) is 12.8 Å². The average molecular weight is 255 g/mol. The molecular formula is C15H17N3O. The van der Waals surface area contributed by atoms with E-state index < -0.39 is 0 Å². The molecular weight excluding hydrogens is 238 g/mol. The molecule has 0 atom stereocenters. The largest absolute Gasteiger partial charge is 0.472 e. The summed E-state index contributed by atoms with van der Waals surface area (Å²) >= 11 is 0. The highest BCUT2D eigenvalue weighted by atomic mass is 16.3. The minimum absolute atomic E-state index is 0.0999. The first-order valence-electron chi connectivity index (χ1n) is 6.49. The van der Waals surface area contributed by atoms with Crippen molar-refractivity contribution < 1.29 is 4.42 Å². The first-order valence-corrected chi connectivity index (χ1v) is 6.49. The highest BCUT2D eigenvalue weighted by Gasteiger charge is 2.26. The molecule has 19 heavy (non-hydrogen) atoms. The van der Waals surface area contributed by atoms with E-state index in [2.05, 4.69) is 0 Å². The van der Waals surface area contributed by atoms with Crippen molar-refractivity contribution in [2.75, 3.05) is 11.4 Å². The van der Waals surface area contributed by atoms with Crippen molar-refractivity contribution in [3.05, 3.63) is 42.9 Å². The molecule has 3 N–H and O–H groups in total. The fourth-order valence-electron chi connectivity index (χ4n) is 2.26. The van der Waals surface area contributed by atoms with Crippen molar-refractivity contribution in [1.82, 2.24) is 0 Å². The smallest absolute Gasteiger partial charge is 0.192 e. The Kier molecular flexibility index (Phi) is 2.99. The van der Waals surface area contributed by atoms with Crippen molar-refractivity contribution in [2.45, 2.75) is 12.8 Å². The summed E-state index contributed by atoms with van der Waals surface area (Å²) < 4.78 is 5.15. The quantitative estimate of drug-likeness (QED) is 0.651. The van der Waals surface area contributed by atoms with Gasteiger partial charge in [0.25, 0.3) is 0 Å². The maximum Gasteiger partial charge on any atom is 0.192 e. The number of anilines is 1. The van der Waals surface area contributed by atoms with Gasteiger partial charge >= 0.3 is 0 Å². The zero-order valence-electron chi connectivity index (χ0n) is 10.7. The molecule has 0 amide bonds. The first kappa shape index (κ1) is 11.8. The Labute approximate surface area is 112 Å². The molecule has 0 saturated heterocycles. The standard InChI is InChI=1S/C15H17N3O/c16-15(17)18(9-11-5-6-11)14-4-2-1-3-13(14)12-7-8-19-10-12/h1-4,7-8,10-11H,5-6,9H2,(H3,16,17). The lowest BCUT2D eigenvalue weighted by Crippen LogP contribution is -2.38. The molecule has 1 aromatic carbocycles. The Bertz CT molecular complexity index is 573. The van der Waals surface area contributed by atoms with Gasteiger partial charge in [0.05, 0.1) is 18.2 Å². The molecule has 98 valence electrons. The lowest BCUT2D eigenvalue weighted by molar-refractivity contribution is 0.568. The summed E-state index contributed by atoms with van der Waals surface area (Å²) in [5.41, 5.74) is 8.79. The normalized spacial score (nSPS) is 14.3. The maximum absolute atomic E-state index is 7.81. The van der Waals surface area contributed by atoms with Gasteiger partial charge in [0.15, 0.2) is 5.96 Å². The molecule has 0 unspecified atom stereocenters. The zero-order valence-corrected chi connectivity index (χ0v) is 10.7. The number of nitrogens with two attached hydrogens (primary N) is 1.